The summed E-state index contributed by atoms with van der Waals surface area (Å²) < 4.78 is 28.4. The lowest BCUT2D eigenvalue weighted by Crippen LogP contribution is -2.38. The molecular weight excluding hydrogens is 498 g/mol. The second-order valence-corrected chi connectivity index (χ2v) is 11.3. The molecule has 1 fully saturated rings. The van der Waals surface area contributed by atoms with Gasteiger partial charge in [0.2, 0.25) is 11.8 Å². The van der Waals surface area contributed by atoms with Crippen LogP contribution in [0.15, 0.2) is 65.6 Å². The van der Waals surface area contributed by atoms with E-state index in [1.165, 1.54) is 12.1 Å². The van der Waals surface area contributed by atoms with Crippen LogP contribution in [0.1, 0.15) is 29.5 Å². The number of rotatable bonds is 7. The van der Waals surface area contributed by atoms with Crippen molar-refractivity contribution in [2.75, 3.05) is 27.6 Å². The standard InChI is InChI=1S/C27H28ClN3O4S/c1-18-6-12-23(13-7-18)36(34,35)31(25-15-21(28)10-8-20(25)3)17-26(32)29-22-11-9-19(2)24(16-22)30-14-4-5-27(30)33/h6-13,15-16H,4-5,14,17H2,1-3H3,(H,29,32). The molecule has 0 saturated carbocycles. The number of benzene rings is 3. The highest BCUT2D eigenvalue weighted by molar-refractivity contribution is 7.92. The van der Waals surface area contributed by atoms with Crippen molar-refractivity contribution in [1.29, 1.82) is 0 Å². The van der Waals surface area contributed by atoms with E-state index >= 15 is 0 Å². The van der Waals surface area contributed by atoms with Crippen molar-refractivity contribution in [1.82, 2.24) is 0 Å². The Bertz CT molecular complexity index is 1420. The van der Waals surface area contributed by atoms with E-state index in [0.29, 0.717) is 34.9 Å². The Kier molecular flexibility index (Phi) is 7.38. The number of nitrogens with zero attached hydrogens (tertiary/aromatic N) is 2. The molecule has 1 saturated heterocycles. The van der Waals surface area contributed by atoms with E-state index in [1.807, 2.05) is 19.9 Å². The predicted octanol–water partition coefficient (Wildman–Crippen LogP) is 5.23. The number of carbonyl (C=O) groups excluding carboxylic acids is 2. The van der Waals surface area contributed by atoms with Crippen LogP contribution in [0.5, 0.6) is 0 Å². The Hall–Kier alpha value is -3.36. The molecule has 2 amide bonds. The highest BCUT2D eigenvalue weighted by Crippen LogP contribution is 2.31. The van der Waals surface area contributed by atoms with Crippen molar-refractivity contribution in [3.05, 3.63) is 82.4 Å². The highest BCUT2D eigenvalue weighted by atomic mass is 35.5. The van der Waals surface area contributed by atoms with E-state index < -0.39 is 22.5 Å². The van der Waals surface area contributed by atoms with Crippen molar-refractivity contribution in [2.24, 2.45) is 0 Å². The number of anilines is 3. The largest absolute Gasteiger partial charge is 0.324 e. The molecule has 0 aromatic heterocycles. The van der Waals surface area contributed by atoms with E-state index in [9.17, 15) is 18.0 Å². The van der Waals surface area contributed by atoms with Crippen LogP contribution < -0.4 is 14.5 Å². The lowest BCUT2D eigenvalue weighted by molar-refractivity contribution is -0.117. The van der Waals surface area contributed by atoms with E-state index in [-0.39, 0.29) is 10.8 Å². The minimum atomic E-state index is -4.07. The molecule has 3 aromatic carbocycles. The second-order valence-electron chi connectivity index (χ2n) is 8.95. The molecule has 188 valence electrons. The molecule has 9 heteroatoms. The number of halogens is 1. The normalized spacial score (nSPS) is 13.7. The van der Waals surface area contributed by atoms with Crippen LogP contribution in [0.3, 0.4) is 0 Å². The number of nitrogens with one attached hydrogen (secondary N) is 1. The first-order valence-electron chi connectivity index (χ1n) is 11.6. The maximum Gasteiger partial charge on any atom is 0.264 e. The SMILES string of the molecule is Cc1ccc(S(=O)(=O)N(CC(=O)Nc2ccc(C)c(N3CCCC3=O)c2)c2cc(Cl)ccc2C)cc1. The Balaban J connectivity index is 1.65. The summed E-state index contributed by atoms with van der Waals surface area (Å²) in [5, 5.41) is 3.16. The van der Waals surface area contributed by atoms with Gasteiger partial charge in [-0.3, -0.25) is 13.9 Å². The van der Waals surface area contributed by atoms with E-state index in [4.69, 9.17) is 11.6 Å². The van der Waals surface area contributed by atoms with Crippen LogP contribution >= 0.6 is 11.6 Å². The van der Waals surface area contributed by atoms with Crippen molar-refractivity contribution in [3.63, 3.8) is 0 Å². The van der Waals surface area contributed by atoms with Crippen LogP contribution in [0.25, 0.3) is 0 Å². The number of carbonyl (C=O) groups is 2. The van der Waals surface area contributed by atoms with Crippen LogP contribution in [0.4, 0.5) is 17.1 Å². The highest BCUT2D eigenvalue weighted by Gasteiger charge is 2.29. The molecule has 1 N–H and O–H groups in total. The smallest absolute Gasteiger partial charge is 0.264 e. The second kappa shape index (κ2) is 10.3. The summed E-state index contributed by atoms with van der Waals surface area (Å²) in [7, 11) is -4.07. The summed E-state index contributed by atoms with van der Waals surface area (Å²) in [5.74, 6) is -0.471. The van der Waals surface area contributed by atoms with Gasteiger partial charge < -0.3 is 10.2 Å². The number of aryl methyl sites for hydroxylation is 3. The van der Waals surface area contributed by atoms with Gasteiger partial charge in [-0.2, -0.15) is 0 Å². The molecule has 1 heterocycles. The molecule has 1 aliphatic heterocycles. The molecule has 0 aliphatic carbocycles. The molecule has 0 radical (unpaired) electrons. The third-order valence-corrected chi connectivity index (χ3v) is 8.20. The Morgan fingerprint density at radius 1 is 1.00 bits per heavy atom. The zero-order valence-electron chi connectivity index (χ0n) is 20.4. The summed E-state index contributed by atoms with van der Waals surface area (Å²) in [6.07, 6.45) is 1.29. The van der Waals surface area contributed by atoms with Crippen LogP contribution in [-0.4, -0.2) is 33.3 Å². The molecule has 0 spiro atoms. The third-order valence-electron chi connectivity index (χ3n) is 6.19. The van der Waals surface area contributed by atoms with Gasteiger partial charge in [-0.05, 0) is 74.7 Å². The fourth-order valence-corrected chi connectivity index (χ4v) is 5.84. The van der Waals surface area contributed by atoms with Gasteiger partial charge in [0.25, 0.3) is 10.0 Å². The zero-order valence-corrected chi connectivity index (χ0v) is 22.0. The van der Waals surface area contributed by atoms with Gasteiger partial charge in [-0.1, -0.05) is 41.4 Å². The first-order chi connectivity index (χ1) is 17.1. The van der Waals surface area contributed by atoms with Crippen molar-refractivity contribution >= 4 is 50.5 Å². The average Bonchev–Trinajstić information content (AvgIpc) is 3.26. The minimum absolute atomic E-state index is 0.0494. The monoisotopic (exact) mass is 525 g/mol. The molecule has 4 rings (SSSR count). The molecule has 36 heavy (non-hydrogen) atoms. The first-order valence-corrected chi connectivity index (χ1v) is 13.4. The fraction of sp³-hybridized carbons (Fsp3) is 0.259. The summed E-state index contributed by atoms with van der Waals surface area (Å²) in [5.41, 5.74) is 4.05. The van der Waals surface area contributed by atoms with Crippen LogP contribution in [0.2, 0.25) is 5.02 Å². The van der Waals surface area contributed by atoms with E-state index in [1.54, 1.807) is 54.3 Å². The van der Waals surface area contributed by atoms with Crippen molar-refractivity contribution in [3.8, 4) is 0 Å². The van der Waals surface area contributed by atoms with Crippen LogP contribution in [-0.2, 0) is 19.6 Å². The molecule has 7 nitrogen and oxygen atoms in total. The average molecular weight is 526 g/mol. The van der Waals surface area contributed by atoms with Gasteiger partial charge in [0.1, 0.15) is 6.54 Å². The molecule has 3 aromatic rings. The zero-order chi connectivity index (χ0) is 26.0. The first kappa shape index (κ1) is 25.7. The summed E-state index contributed by atoms with van der Waals surface area (Å²) in [6.45, 7) is 5.72. The third kappa shape index (κ3) is 5.39. The fourth-order valence-electron chi connectivity index (χ4n) is 4.20. The Labute approximate surface area is 216 Å². The van der Waals surface area contributed by atoms with Gasteiger partial charge >= 0.3 is 0 Å². The topological polar surface area (TPSA) is 86.8 Å². The maximum atomic E-state index is 13.7. The van der Waals surface area contributed by atoms with Gasteiger partial charge in [0.15, 0.2) is 0 Å². The van der Waals surface area contributed by atoms with Crippen LogP contribution in [0, 0.1) is 20.8 Å². The number of sulfonamides is 1. The van der Waals surface area contributed by atoms with Crippen molar-refractivity contribution in [2.45, 2.75) is 38.5 Å². The van der Waals surface area contributed by atoms with Gasteiger partial charge in [0, 0.05) is 29.4 Å². The van der Waals surface area contributed by atoms with E-state index in [2.05, 4.69) is 5.32 Å². The number of hydrogen-bond acceptors (Lipinski definition) is 4. The molecule has 0 atom stereocenters. The lowest BCUT2D eigenvalue weighted by atomic mass is 10.1. The Morgan fingerprint density at radius 2 is 1.69 bits per heavy atom. The maximum absolute atomic E-state index is 13.7. The predicted molar refractivity (Wildman–Crippen MR) is 143 cm³/mol. The summed E-state index contributed by atoms with van der Waals surface area (Å²) in [4.78, 5) is 27.2. The summed E-state index contributed by atoms with van der Waals surface area (Å²) in [6, 6.07) is 16.7. The van der Waals surface area contributed by atoms with Gasteiger partial charge in [-0.15, -0.1) is 0 Å². The quantitative estimate of drug-likeness (QED) is 0.458. The van der Waals surface area contributed by atoms with E-state index in [0.717, 1.165) is 27.5 Å². The molecule has 0 bridgehead atoms. The van der Waals surface area contributed by atoms with Crippen molar-refractivity contribution < 1.29 is 18.0 Å². The Morgan fingerprint density at radius 3 is 2.36 bits per heavy atom. The molecular formula is C27H28ClN3O4S. The minimum Gasteiger partial charge on any atom is -0.324 e. The number of amides is 2. The molecule has 0 unspecified atom stereocenters. The lowest BCUT2D eigenvalue weighted by Gasteiger charge is -2.26. The molecule has 1 aliphatic rings. The van der Waals surface area contributed by atoms with Gasteiger partial charge in [0.05, 0.1) is 10.6 Å². The number of hydrogen-bond donors (Lipinski definition) is 1. The summed E-state index contributed by atoms with van der Waals surface area (Å²) >= 11 is 6.20. The van der Waals surface area contributed by atoms with Gasteiger partial charge in [-0.25, -0.2) is 8.42 Å².